The topological polar surface area (TPSA) is 69.6 Å². The van der Waals surface area contributed by atoms with Gasteiger partial charge in [0.25, 0.3) is 0 Å². The van der Waals surface area contributed by atoms with Crippen molar-refractivity contribution in [2.75, 3.05) is 25.0 Å². The van der Waals surface area contributed by atoms with E-state index in [1.165, 1.54) is 10.4 Å². The van der Waals surface area contributed by atoms with Gasteiger partial charge in [0, 0.05) is 30.4 Å². The number of carbonyl (C=O) groups is 1. The van der Waals surface area contributed by atoms with Crippen molar-refractivity contribution in [1.82, 2.24) is 15.6 Å². The number of aliphatic imine (C=N–C) groups is 1. The van der Waals surface area contributed by atoms with Crippen LogP contribution in [0.2, 0.25) is 0 Å². The molecule has 1 aromatic heterocycles. The molecular formula is C19H26IN5OS. The zero-order valence-corrected chi connectivity index (χ0v) is 18.8. The van der Waals surface area contributed by atoms with Crippen LogP contribution < -0.4 is 15.5 Å². The number of aromatic nitrogens is 1. The molecule has 1 amide bonds. The van der Waals surface area contributed by atoms with Gasteiger partial charge in [0.05, 0.1) is 13.1 Å². The Kier molecular flexibility index (Phi) is 8.49. The fraction of sp³-hybridized carbons (Fsp3) is 0.421. The summed E-state index contributed by atoms with van der Waals surface area (Å²) in [4.78, 5) is 24.4. The minimum absolute atomic E-state index is 0. The predicted octanol–water partition coefficient (Wildman–Crippen LogP) is 2.97. The highest BCUT2D eigenvalue weighted by atomic mass is 127. The van der Waals surface area contributed by atoms with Crippen molar-refractivity contribution < 1.29 is 4.79 Å². The van der Waals surface area contributed by atoms with Crippen LogP contribution in [0.5, 0.6) is 0 Å². The number of nitrogens with one attached hydrogen (secondary N) is 2. The molecule has 1 aromatic carbocycles. The van der Waals surface area contributed by atoms with E-state index in [4.69, 9.17) is 0 Å². The van der Waals surface area contributed by atoms with Gasteiger partial charge in [-0.3, -0.25) is 9.79 Å². The number of anilines is 1. The molecule has 0 bridgehead atoms. The van der Waals surface area contributed by atoms with Gasteiger partial charge >= 0.3 is 0 Å². The highest BCUT2D eigenvalue weighted by molar-refractivity contribution is 14.0. The van der Waals surface area contributed by atoms with Crippen molar-refractivity contribution in [2.24, 2.45) is 4.99 Å². The summed E-state index contributed by atoms with van der Waals surface area (Å²) in [7, 11) is 1.70. The summed E-state index contributed by atoms with van der Waals surface area (Å²) >= 11 is 1.69. The Morgan fingerprint density at radius 3 is 2.89 bits per heavy atom. The summed E-state index contributed by atoms with van der Waals surface area (Å²) < 4.78 is 0. The number of amides is 1. The number of hydrogen-bond donors (Lipinski definition) is 2. The van der Waals surface area contributed by atoms with E-state index in [2.05, 4.69) is 33.6 Å². The molecule has 3 rings (SSSR count). The molecule has 2 N–H and O–H groups in total. The molecule has 6 nitrogen and oxygen atoms in total. The van der Waals surface area contributed by atoms with Crippen molar-refractivity contribution >= 4 is 52.9 Å². The number of rotatable bonds is 5. The van der Waals surface area contributed by atoms with Crippen LogP contribution in [0, 0.1) is 0 Å². The highest BCUT2D eigenvalue weighted by Gasteiger charge is 2.21. The van der Waals surface area contributed by atoms with Crippen molar-refractivity contribution in [2.45, 2.75) is 32.7 Å². The quantitative estimate of drug-likeness (QED) is 0.377. The minimum Gasteiger partial charge on any atom is -0.350 e. The van der Waals surface area contributed by atoms with Gasteiger partial charge in [0.1, 0.15) is 5.01 Å². The van der Waals surface area contributed by atoms with Gasteiger partial charge in [-0.1, -0.05) is 25.1 Å². The Hall–Kier alpha value is -1.68. The van der Waals surface area contributed by atoms with E-state index in [0.717, 1.165) is 36.5 Å². The highest BCUT2D eigenvalue weighted by Crippen LogP contribution is 2.26. The third kappa shape index (κ3) is 5.65. The van der Waals surface area contributed by atoms with E-state index in [0.29, 0.717) is 12.5 Å². The lowest BCUT2D eigenvalue weighted by Gasteiger charge is -2.29. The largest absolute Gasteiger partial charge is 0.350 e. The maximum Gasteiger partial charge on any atom is 0.246 e. The molecule has 1 aliphatic rings. The maximum atomic E-state index is 12.7. The summed E-state index contributed by atoms with van der Waals surface area (Å²) in [5.74, 6) is 0.666. The second-order valence-corrected chi connectivity index (χ2v) is 7.33. The van der Waals surface area contributed by atoms with Crippen LogP contribution in [-0.4, -0.2) is 37.0 Å². The van der Waals surface area contributed by atoms with Crippen LogP contribution in [-0.2, 0) is 24.2 Å². The number of guanidine groups is 1. The molecule has 27 heavy (non-hydrogen) atoms. The molecule has 2 heterocycles. The van der Waals surface area contributed by atoms with Crippen LogP contribution in [0.3, 0.4) is 0 Å². The number of hydrogen-bond acceptors (Lipinski definition) is 4. The van der Waals surface area contributed by atoms with Crippen molar-refractivity contribution in [3.05, 3.63) is 45.9 Å². The van der Waals surface area contributed by atoms with E-state index in [9.17, 15) is 4.79 Å². The average molecular weight is 499 g/mol. The molecule has 0 spiro atoms. The molecular weight excluding hydrogens is 473 g/mol. The van der Waals surface area contributed by atoms with Crippen molar-refractivity contribution in [1.29, 1.82) is 0 Å². The lowest BCUT2D eigenvalue weighted by Crippen LogP contribution is -2.45. The van der Waals surface area contributed by atoms with Gasteiger partial charge in [0.15, 0.2) is 5.96 Å². The number of nitrogens with zero attached hydrogens (tertiary/aromatic N) is 3. The molecule has 0 radical (unpaired) electrons. The Bertz CT molecular complexity index is 792. The maximum absolute atomic E-state index is 12.7. The molecule has 0 atom stereocenters. The SMILES string of the molecule is CCc1cnc(CNC(=NC)NCC(=O)N2CCCc3ccccc32)s1.I. The van der Waals surface area contributed by atoms with E-state index < -0.39 is 0 Å². The van der Waals surface area contributed by atoms with Gasteiger partial charge in [-0.25, -0.2) is 4.98 Å². The van der Waals surface area contributed by atoms with Crippen LogP contribution in [0.4, 0.5) is 5.69 Å². The van der Waals surface area contributed by atoms with E-state index in [1.807, 2.05) is 29.3 Å². The monoisotopic (exact) mass is 499 g/mol. The molecule has 0 saturated heterocycles. The summed E-state index contributed by atoms with van der Waals surface area (Å²) in [6, 6.07) is 8.13. The van der Waals surface area contributed by atoms with Gasteiger partial charge in [-0.15, -0.1) is 35.3 Å². The van der Waals surface area contributed by atoms with Gasteiger partial charge in [0.2, 0.25) is 5.91 Å². The normalized spacial score (nSPS) is 13.6. The Morgan fingerprint density at radius 1 is 1.33 bits per heavy atom. The van der Waals surface area contributed by atoms with Gasteiger partial charge in [-0.05, 0) is 30.9 Å². The Labute approximate surface area is 181 Å². The summed E-state index contributed by atoms with van der Waals surface area (Å²) in [5, 5.41) is 7.34. The number of carbonyl (C=O) groups excluding carboxylic acids is 1. The minimum atomic E-state index is 0. The lowest BCUT2D eigenvalue weighted by atomic mass is 10.0. The molecule has 2 aromatic rings. The predicted molar refractivity (Wildman–Crippen MR) is 122 cm³/mol. The average Bonchev–Trinajstić information content (AvgIpc) is 3.15. The van der Waals surface area contributed by atoms with Crippen LogP contribution in [0.25, 0.3) is 0 Å². The first-order valence-electron chi connectivity index (χ1n) is 8.97. The lowest BCUT2D eigenvalue weighted by molar-refractivity contribution is -0.117. The molecule has 0 fully saturated rings. The van der Waals surface area contributed by atoms with Crippen LogP contribution >= 0.6 is 35.3 Å². The second-order valence-electron chi connectivity index (χ2n) is 6.13. The number of thiazole rings is 1. The number of aryl methyl sites for hydroxylation is 2. The van der Waals surface area contributed by atoms with Crippen LogP contribution in [0.1, 0.15) is 28.8 Å². The first-order chi connectivity index (χ1) is 12.7. The second kappa shape index (κ2) is 10.6. The van der Waals surface area contributed by atoms with E-state index in [-0.39, 0.29) is 36.4 Å². The molecule has 1 aliphatic heterocycles. The summed E-state index contributed by atoms with van der Waals surface area (Å²) in [6.07, 6.45) is 4.94. The molecule has 0 aliphatic carbocycles. The van der Waals surface area contributed by atoms with Gasteiger partial charge < -0.3 is 15.5 Å². The van der Waals surface area contributed by atoms with Crippen molar-refractivity contribution in [3.8, 4) is 0 Å². The fourth-order valence-electron chi connectivity index (χ4n) is 3.02. The number of fused-ring (bicyclic) bond motifs is 1. The Morgan fingerprint density at radius 2 is 2.15 bits per heavy atom. The van der Waals surface area contributed by atoms with Crippen LogP contribution in [0.15, 0.2) is 35.5 Å². The third-order valence-electron chi connectivity index (χ3n) is 4.40. The first kappa shape index (κ1) is 21.6. The standard InChI is InChI=1S/C19H25N5OS.HI/c1-3-15-11-21-17(26-15)12-22-19(20-2)23-13-18(25)24-10-6-8-14-7-4-5-9-16(14)24;/h4-5,7,9,11H,3,6,8,10,12-13H2,1-2H3,(H2,20,22,23);1H. The third-order valence-corrected chi connectivity index (χ3v) is 5.54. The summed E-state index contributed by atoms with van der Waals surface area (Å²) in [6.45, 7) is 3.70. The summed E-state index contributed by atoms with van der Waals surface area (Å²) in [5.41, 5.74) is 2.27. The fourth-order valence-corrected chi connectivity index (χ4v) is 3.82. The zero-order valence-electron chi connectivity index (χ0n) is 15.7. The first-order valence-corrected chi connectivity index (χ1v) is 9.79. The molecule has 146 valence electrons. The van der Waals surface area contributed by atoms with Gasteiger partial charge in [-0.2, -0.15) is 0 Å². The molecule has 0 saturated carbocycles. The number of halogens is 1. The zero-order chi connectivity index (χ0) is 18.4. The smallest absolute Gasteiger partial charge is 0.246 e. The number of para-hydroxylation sites is 1. The van der Waals surface area contributed by atoms with E-state index in [1.54, 1.807) is 18.4 Å². The van der Waals surface area contributed by atoms with Crippen molar-refractivity contribution in [3.63, 3.8) is 0 Å². The van der Waals surface area contributed by atoms with E-state index >= 15 is 0 Å². The molecule has 8 heteroatoms. The number of benzene rings is 1. The Balaban J connectivity index is 0.00000261. The molecule has 0 unspecified atom stereocenters.